The van der Waals surface area contributed by atoms with Crippen LogP contribution < -0.4 is 0 Å². The Morgan fingerprint density at radius 1 is 1.86 bits per heavy atom. The molecule has 14 heavy (non-hydrogen) atoms. The van der Waals surface area contributed by atoms with E-state index >= 15 is 0 Å². The van der Waals surface area contributed by atoms with E-state index in [2.05, 4.69) is 5.10 Å². The molecule has 0 amide bonds. The Morgan fingerprint density at radius 2 is 2.64 bits per heavy atom. The molecule has 0 N–H and O–H groups in total. The lowest BCUT2D eigenvalue weighted by atomic mass is 10.2. The maximum Gasteiger partial charge on any atom is 0.358 e. The lowest BCUT2D eigenvalue weighted by Gasteiger charge is -1.98. The monoisotopic (exact) mass is 198 g/mol. The van der Waals surface area contributed by atoms with Crippen LogP contribution in [0.2, 0.25) is 0 Å². The lowest BCUT2D eigenvalue weighted by molar-refractivity contribution is 0.0518. The zero-order valence-electron chi connectivity index (χ0n) is 7.86. The van der Waals surface area contributed by atoms with E-state index in [4.69, 9.17) is 4.74 Å². The highest BCUT2D eigenvalue weighted by Crippen LogP contribution is 2.18. The molecule has 2 heterocycles. The minimum absolute atomic E-state index is 0.245. The molecule has 0 aromatic carbocycles. The van der Waals surface area contributed by atoms with Gasteiger partial charge in [0.2, 0.25) is 0 Å². The highest BCUT2D eigenvalue weighted by molar-refractivity contribution is 5.87. The van der Waals surface area contributed by atoms with Crippen LogP contribution in [0.5, 0.6) is 0 Å². The summed E-state index contributed by atoms with van der Waals surface area (Å²) in [5.41, 5.74) is 1.04. The van der Waals surface area contributed by atoms with Gasteiger partial charge in [0.15, 0.2) is 5.69 Å². The Morgan fingerprint density at radius 3 is 3.29 bits per heavy atom. The normalized spacial score (nSPS) is 19.4. The van der Waals surface area contributed by atoms with Crippen LogP contribution in [-0.2, 0) is 17.7 Å². The molecule has 1 aliphatic rings. The fraction of sp³-hybridized carbons (Fsp3) is 0.556. The average molecular weight is 198 g/mol. The fourth-order valence-electron chi connectivity index (χ4n) is 1.56. The standard InChI is InChI=1S/C9H11FN2O2/c1-2-14-9(13)8-4-7-3-6(10)5-12(7)11-8/h4,6H,2-3,5H2,1H3/t6-/m0/s1. The number of esters is 1. The van der Waals surface area contributed by atoms with Crippen LogP contribution in [0.3, 0.4) is 0 Å². The number of fused-ring (bicyclic) bond motifs is 1. The molecule has 0 saturated carbocycles. The van der Waals surface area contributed by atoms with Crippen molar-refractivity contribution in [2.24, 2.45) is 0 Å². The van der Waals surface area contributed by atoms with Crippen molar-refractivity contribution in [3.05, 3.63) is 17.5 Å². The van der Waals surface area contributed by atoms with Gasteiger partial charge < -0.3 is 4.74 Å². The topological polar surface area (TPSA) is 44.1 Å². The number of carbonyl (C=O) groups excluding carboxylic acids is 1. The van der Waals surface area contributed by atoms with Crippen LogP contribution in [0.4, 0.5) is 4.39 Å². The summed E-state index contributed by atoms with van der Waals surface area (Å²) in [5, 5.41) is 3.96. The second-order valence-corrected chi connectivity index (χ2v) is 3.22. The van der Waals surface area contributed by atoms with E-state index in [1.165, 1.54) is 4.68 Å². The van der Waals surface area contributed by atoms with Crippen LogP contribution >= 0.6 is 0 Å². The summed E-state index contributed by atoms with van der Waals surface area (Å²) in [5.74, 6) is -0.440. The third-order valence-electron chi connectivity index (χ3n) is 2.15. The number of hydrogen-bond donors (Lipinski definition) is 0. The lowest BCUT2D eigenvalue weighted by Crippen LogP contribution is -2.09. The zero-order valence-corrected chi connectivity index (χ0v) is 7.86. The van der Waals surface area contributed by atoms with E-state index in [-0.39, 0.29) is 12.2 Å². The number of ether oxygens (including phenoxy) is 1. The Hall–Kier alpha value is -1.39. The molecule has 0 radical (unpaired) electrons. The Labute approximate surface area is 80.7 Å². The van der Waals surface area contributed by atoms with Crippen molar-refractivity contribution in [1.82, 2.24) is 9.78 Å². The van der Waals surface area contributed by atoms with Gasteiger partial charge in [-0.3, -0.25) is 4.68 Å². The number of nitrogens with zero attached hydrogens (tertiary/aromatic N) is 2. The summed E-state index contributed by atoms with van der Waals surface area (Å²) < 4.78 is 19.2. The van der Waals surface area contributed by atoms with E-state index in [1.54, 1.807) is 13.0 Å². The summed E-state index contributed by atoms with van der Waals surface area (Å²) in [7, 11) is 0. The quantitative estimate of drug-likeness (QED) is 0.664. The molecule has 1 aromatic rings. The predicted octanol–water partition coefficient (Wildman–Crippen LogP) is 0.954. The molecule has 2 rings (SSSR count). The Balaban J connectivity index is 2.16. The number of alkyl halides is 1. The molecule has 0 fully saturated rings. The molecule has 0 aliphatic carbocycles. The number of carbonyl (C=O) groups is 1. The Kier molecular flexibility index (Phi) is 2.23. The molecular weight excluding hydrogens is 187 g/mol. The van der Waals surface area contributed by atoms with Gasteiger partial charge in [-0.15, -0.1) is 0 Å². The molecule has 0 spiro atoms. The van der Waals surface area contributed by atoms with Crippen LogP contribution in [0.25, 0.3) is 0 Å². The molecule has 1 aliphatic heterocycles. The fourth-order valence-corrected chi connectivity index (χ4v) is 1.56. The van der Waals surface area contributed by atoms with E-state index < -0.39 is 12.1 Å². The van der Waals surface area contributed by atoms with Gasteiger partial charge in [0, 0.05) is 12.1 Å². The van der Waals surface area contributed by atoms with Crippen molar-refractivity contribution < 1.29 is 13.9 Å². The van der Waals surface area contributed by atoms with Gasteiger partial charge in [0.25, 0.3) is 0 Å². The minimum atomic E-state index is -0.867. The smallest absolute Gasteiger partial charge is 0.358 e. The zero-order chi connectivity index (χ0) is 10.1. The maximum absolute atomic E-state index is 12.9. The first-order chi connectivity index (χ1) is 6.70. The number of rotatable bonds is 2. The third kappa shape index (κ3) is 1.49. The summed E-state index contributed by atoms with van der Waals surface area (Å²) in [6, 6.07) is 1.59. The van der Waals surface area contributed by atoms with Crippen molar-refractivity contribution >= 4 is 5.97 Å². The van der Waals surface area contributed by atoms with Crippen molar-refractivity contribution in [1.29, 1.82) is 0 Å². The maximum atomic E-state index is 12.9. The number of halogens is 1. The summed E-state index contributed by atoms with van der Waals surface area (Å²) in [6.45, 7) is 2.31. The SMILES string of the molecule is CCOC(=O)c1cc2n(n1)C[C@@H](F)C2. The molecule has 0 saturated heterocycles. The van der Waals surface area contributed by atoms with E-state index in [0.717, 1.165) is 5.69 Å². The van der Waals surface area contributed by atoms with Crippen molar-refractivity contribution in [2.75, 3.05) is 6.61 Å². The molecule has 0 bridgehead atoms. The van der Waals surface area contributed by atoms with Crippen molar-refractivity contribution in [2.45, 2.75) is 26.1 Å². The highest BCUT2D eigenvalue weighted by atomic mass is 19.1. The van der Waals surface area contributed by atoms with Crippen LogP contribution in [0.15, 0.2) is 6.07 Å². The first-order valence-corrected chi connectivity index (χ1v) is 4.58. The first-order valence-electron chi connectivity index (χ1n) is 4.58. The van der Waals surface area contributed by atoms with Crippen LogP contribution in [0.1, 0.15) is 23.1 Å². The van der Waals surface area contributed by atoms with Crippen LogP contribution in [0, 0.1) is 0 Å². The highest BCUT2D eigenvalue weighted by Gasteiger charge is 2.24. The average Bonchev–Trinajstić information content (AvgIpc) is 2.61. The second kappa shape index (κ2) is 3.40. The largest absolute Gasteiger partial charge is 0.461 e. The number of hydrogen-bond acceptors (Lipinski definition) is 3. The minimum Gasteiger partial charge on any atom is -0.461 e. The first kappa shape index (κ1) is 9.18. The summed E-state index contributed by atoms with van der Waals surface area (Å²) in [6.07, 6.45) is -0.527. The van der Waals surface area contributed by atoms with Crippen LogP contribution in [-0.4, -0.2) is 28.5 Å². The molecular formula is C9H11FN2O2. The molecule has 1 aromatic heterocycles. The molecule has 5 heteroatoms. The van der Waals surface area contributed by atoms with Crippen molar-refractivity contribution in [3.8, 4) is 0 Å². The Bertz CT molecular complexity index is 338. The van der Waals surface area contributed by atoms with Gasteiger partial charge in [0.05, 0.1) is 13.2 Å². The van der Waals surface area contributed by atoms with Crippen molar-refractivity contribution in [3.63, 3.8) is 0 Å². The van der Waals surface area contributed by atoms with E-state index in [9.17, 15) is 9.18 Å². The number of aromatic nitrogens is 2. The third-order valence-corrected chi connectivity index (χ3v) is 2.15. The summed E-state index contributed by atoms with van der Waals surface area (Å²) >= 11 is 0. The molecule has 76 valence electrons. The second-order valence-electron chi connectivity index (χ2n) is 3.22. The van der Waals surface area contributed by atoms with Gasteiger partial charge in [-0.2, -0.15) is 5.10 Å². The van der Waals surface area contributed by atoms with Gasteiger partial charge >= 0.3 is 5.97 Å². The van der Waals surface area contributed by atoms with Gasteiger partial charge in [-0.25, -0.2) is 9.18 Å². The van der Waals surface area contributed by atoms with Gasteiger partial charge in [-0.05, 0) is 13.0 Å². The molecule has 4 nitrogen and oxygen atoms in total. The molecule has 0 unspecified atom stereocenters. The molecule has 1 atom stereocenters. The van der Waals surface area contributed by atoms with E-state index in [1.807, 2.05) is 0 Å². The summed E-state index contributed by atoms with van der Waals surface area (Å²) in [4.78, 5) is 11.2. The predicted molar refractivity (Wildman–Crippen MR) is 46.8 cm³/mol. The van der Waals surface area contributed by atoms with E-state index in [0.29, 0.717) is 13.0 Å². The van der Waals surface area contributed by atoms with Gasteiger partial charge in [0.1, 0.15) is 6.17 Å². The van der Waals surface area contributed by atoms with Gasteiger partial charge in [-0.1, -0.05) is 0 Å².